The molecule has 5 N–H and O–H groups in total. The highest BCUT2D eigenvalue weighted by Crippen LogP contribution is 2.34. The largest absolute Gasteiger partial charge is 0.444 e. The number of carbonyl (C=O) groups is 6. The third-order valence-electron chi connectivity index (χ3n) is 10.5. The van der Waals surface area contributed by atoms with Crippen molar-refractivity contribution in [2.75, 3.05) is 78.8 Å². The number of fused-ring (bicyclic) bond motifs is 1. The van der Waals surface area contributed by atoms with Crippen LogP contribution in [0.25, 0.3) is 17.2 Å². The minimum atomic E-state index is -3.81. The Morgan fingerprint density at radius 3 is 2.27 bits per heavy atom. The van der Waals surface area contributed by atoms with E-state index in [4.69, 9.17) is 19.9 Å². The number of nitrogens with two attached hydrogens (primary N) is 1. The van der Waals surface area contributed by atoms with Crippen LogP contribution in [0.5, 0.6) is 0 Å². The number of imide groups is 1. The number of nitrogens with zero attached hydrogens (tertiary/aromatic N) is 4. The van der Waals surface area contributed by atoms with Crippen LogP contribution >= 0.6 is 0 Å². The van der Waals surface area contributed by atoms with Gasteiger partial charge in [-0.1, -0.05) is 31.2 Å². The summed E-state index contributed by atoms with van der Waals surface area (Å²) in [6, 6.07) is 12.2. The molecule has 2 aromatic carbocycles. The lowest BCUT2D eigenvalue weighted by Gasteiger charge is -2.38. The standard InChI is InChI=1S/C46H62N8O11S/c1-5-18-52(19-7-16-49-45(60)65-46(2,3)4)44(59)36-25-35-11-10-34(27-38(35)51-39(47)28-36)33-8-6-9-37(26-33)66(61,62)53-30-32(31-53)29-50-41(56)15-21-63-23-24-64-22-17-48-40(55)14-20-54-42(57)12-13-43(54)58/h6,8-13,25-27,32H,5,7,14-24,28-31H2,1-4H3,(H2,47,51)(H,48,55)(H,49,60)(H,50,56). The van der Waals surface area contributed by atoms with Gasteiger partial charge in [0.05, 0.1) is 37.0 Å². The van der Waals surface area contributed by atoms with Gasteiger partial charge in [-0.3, -0.25) is 28.9 Å². The van der Waals surface area contributed by atoms with E-state index in [-0.39, 0.29) is 106 Å². The zero-order chi connectivity index (χ0) is 47.9. The second-order valence-electron chi connectivity index (χ2n) is 17.1. The number of nitrogens with one attached hydrogen (secondary N) is 3. The number of hydrogen-bond donors (Lipinski definition) is 4. The van der Waals surface area contributed by atoms with Crippen molar-refractivity contribution >= 4 is 63.3 Å². The van der Waals surface area contributed by atoms with Crippen molar-refractivity contribution in [1.82, 2.24) is 30.1 Å². The average Bonchev–Trinajstić information content (AvgIpc) is 3.46. The van der Waals surface area contributed by atoms with Crippen molar-refractivity contribution in [3.8, 4) is 11.1 Å². The van der Waals surface area contributed by atoms with Crippen LogP contribution in [0.4, 0.5) is 10.5 Å². The van der Waals surface area contributed by atoms with Gasteiger partial charge in [-0.2, -0.15) is 4.31 Å². The SMILES string of the molecule is CCCN(CCCNC(=O)OC(C)(C)C)C(=O)C1=Cc2ccc(-c3cccc(S(=O)(=O)N4CC(CNC(=O)CCOCCOCCNC(=O)CCN5C(=O)C=CC5=O)C4)c3)cc2N=C(N)C1. The molecule has 3 aliphatic heterocycles. The van der Waals surface area contributed by atoms with E-state index >= 15 is 0 Å². The van der Waals surface area contributed by atoms with E-state index in [2.05, 4.69) is 20.9 Å². The Morgan fingerprint density at radius 1 is 0.864 bits per heavy atom. The van der Waals surface area contributed by atoms with Crippen molar-refractivity contribution < 1.29 is 51.4 Å². The molecule has 5 rings (SSSR count). The van der Waals surface area contributed by atoms with E-state index in [9.17, 15) is 37.2 Å². The van der Waals surface area contributed by atoms with E-state index in [0.717, 1.165) is 16.9 Å². The molecule has 1 saturated heterocycles. The zero-order valence-corrected chi connectivity index (χ0v) is 39.0. The molecule has 0 unspecified atom stereocenters. The molecular formula is C46H62N8O11S. The number of amidine groups is 1. The first kappa shape index (κ1) is 51.0. The van der Waals surface area contributed by atoms with Crippen molar-refractivity contribution in [2.45, 2.75) is 70.3 Å². The lowest BCUT2D eigenvalue weighted by molar-refractivity contribution is -0.137. The maximum atomic E-state index is 13.8. The molecule has 0 spiro atoms. The summed E-state index contributed by atoms with van der Waals surface area (Å²) in [5.74, 6) is -1.32. The highest BCUT2D eigenvalue weighted by molar-refractivity contribution is 7.89. The van der Waals surface area contributed by atoms with Crippen LogP contribution in [0.15, 0.2) is 70.1 Å². The number of benzene rings is 2. The Morgan fingerprint density at radius 2 is 1.56 bits per heavy atom. The third-order valence-corrected chi connectivity index (χ3v) is 12.3. The first-order valence-electron chi connectivity index (χ1n) is 22.2. The summed E-state index contributed by atoms with van der Waals surface area (Å²) in [5.41, 5.74) is 8.88. The molecule has 66 heavy (non-hydrogen) atoms. The van der Waals surface area contributed by atoms with Crippen LogP contribution in [-0.2, 0) is 48.2 Å². The quantitative estimate of drug-likeness (QED) is 0.0877. The predicted molar refractivity (Wildman–Crippen MR) is 246 cm³/mol. The average molecular weight is 935 g/mol. The summed E-state index contributed by atoms with van der Waals surface area (Å²) in [6.45, 7) is 10.7. The lowest BCUT2D eigenvalue weighted by Crippen LogP contribution is -2.53. The Bertz CT molecular complexity index is 2280. The number of aliphatic imine (C=N–C) groups is 1. The van der Waals surface area contributed by atoms with Gasteiger partial charge in [0.2, 0.25) is 27.7 Å². The number of amides is 6. The molecule has 0 atom stereocenters. The van der Waals surface area contributed by atoms with Crippen molar-refractivity contribution in [3.63, 3.8) is 0 Å². The highest BCUT2D eigenvalue weighted by Gasteiger charge is 2.37. The van der Waals surface area contributed by atoms with E-state index in [1.54, 1.807) is 49.9 Å². The minimum absolute atomic E-state index is 0.00194. The zero-order valence-electron chi connectivity index (χ0n) is 38.1. The van der Waals surface area contributed by atoms with Crippen LogP contribution < -0.4 is 21.7 Å². The van der Waals surface area contributed by atoms with E-state index in [1.165, 1.54) is 16.5 Å². The second-order valence-corrected chi connectivity index (χ2v) is 19.0. The van der Waals surface area contributed by atoms with Gasteiger partial charge < -0.3 is 40.8 Å². The van der Waals surface area contributed by atoms with Gasteiger partial charge in [-0.25, -0.2) is 18.2 Å². The molecule has 0 saturated carbocycles. The van der Waals surface area contributed by atoms with Gasteiger partial charge in [-0.15, -0.1) is 0 Å². The Balaban J connectivity index is 1.02. The van der Waals surface area contributed by atoms with Gasteiger partial charge in [-0.05, 0) is 69.0 Å². The first-order chi connectivity index (χ1) is 31.4. The Kier molecular flexibility index (Phi) is 18.6. The number of sulfonamides is 1. The number of carbonyl (C=O) groups excluding carboxylic acids is 6. The molecule has 1 fully saturated rings. The molecule has 2 aromatic rings. The molecule has 0 bridgehead atoms. The van der Waals surface area contributed by atoms with E-state index in [0.29, 0.717) is 55.0 Å². The number of ether oxygens (including phenoxy) is 3. The Labute approximate surface area is 386 Å². The molecular weight excluding hydrogens is 873 g/mol. The Hall–Kier alpha value is -5.96. The molecule has 3 heterocycles. The molecule has 0 aliphatic carbocycles. The summed E-state index contributed by atoms with van der Waals surface area (Å²) in [5, 5.41) is 8.23. The summed E-state index contributed by atoms with van der Waals surface area (Å²) >= 11 is 0. The lowest BCUT2D eigenvalue weighted by atomic mass is 10.0. The second kappa shape index (κ2) is 24.0. The maximum Gasteiger partial charge on any atom is 0.407 e. The molecule has 3 aliphatic rings. The fourth-order valence-electron chi connectivity index (χ4n) is 7.15. The van der Waals surface area contributed by atoms with Crippen molar-refractivity contribution in [1.29, 1.82) is 0 Å². The summed E-state index contributed by atoms with van der Waals surface area (Å²) in [7, 11) is -3.81. The first-order valence-corrected chi connectivity index (χ1v) is 23.6. The van der Waals surface area contributed by atoms with Crippen molar-refractivity contribution in [2.24, 2.45) is 16.6 Å². The van der Waals surface area contributed by atoms with Crippen LogP contribution in [-0.4, -0.2) is 148 Å². The minimum Gasteiger partial charge on any atom is -0.444 e. The topological polar surface area (TPSA) is 248 Å². The summed E-state index contributed by atoms with van der Waals surface area (Å²) in [6.07, 6.45) is 5.19. The number of hydrogen-bond acceptors (Lipinski definition) is 13. The van der Waals surface area contributed by atoms with Crippen LogP contribution in [0.3, 0.4) is 0 Å². The van der Waals surface area contributed by atoms with E-state index < -0.39 is 33.5 Å². The van der Waals surface area contributed by atoms with Gasteiger partial charge in [0.15, 0.2) is 0 Å². The monoisotopic (exact) mass is 934 g/mol. The van der Waals surface area contributed by atoms with Crippen LogP contribution in [0, 0.1) is 5.92 Å². The fourth-order valence-corrected chi connectivity index (χ4v) is 8.79. The summed E-state index contributed by atoms with van der Waals surface area (Å²) < 4.78 is 44.8. The van der Waals surface area contributed by atoms with E-state index in [1.807, 2.05) is 31.2 Å². The molecule has 0 aromatic heterocycles. The highest BCUT2D eigenvalue weighted by atomic mass is 32.2. The fraction of sp³-hybridized carbons (Fsp3) is 0.500. The smallest absolute Gasteiger partial charge is 0.407 e. The van der Waals surface area contributed by atoms with Gasteiger partial charge in [0, 0.05) is 101 Å². The number of rotatable bonds is 24. The molecule has 358 valence electrons. The molecule has 20 heteroatoms. The van der Waals surface area contributed by atoms with Crippen LogP contribution in [0.1, 0.15) is 65.4 Å². The molecule has 0 radical (unpaired) electrons. The maximum absolute atomic E-state index is 13.8. The van der Waals surface area contributed by atoms with Crippen LogP contribution in [0.2, 0.25) is 0 Å². The molecule has 19 nitrogen and oxygen atoms in total. The summed E-state index contributed by atoms with van der Waals surface area (Å²) in [4.78, 5) is 80.8. The normalized spacial score (nSPS) is 15.3. The van der Waals surface area contributed by atoms with Crippen molar-refractivity contribution in [3.05, 3.63) is 65.8 Å². The predicted octanol–water partition coefficient (Wildman–Crippen LogP) is 2.87. The van der Waals surface area contributed by atoms with Gasteiger partial charge in [0.1, 0.15) is 11.4 Å². The third kappa shape index (κ3) is 15.3. The number of alkyl carbamates (subject to hydrolysis) is 1. The van der Waals surface area contributed by atoms with Gasteiger partial charge in [0.25, 0.3) is 11.8 Å². The van der Waals surface area contributed by atoms with Gasteiger partial charge >= 0.3 is 6.09 Å². The molecule has 6 amide bonds.